The number of aliphatic hydroxyl groups is 1. The Balaban J connectivity index is 1.62. The van der Waals surface area contributed by atoms with Gasteiger partial charge in [0.25, 0.3) is 23.6 Å². The van der Waals surface area contributed by atoms with Gasteiger partial charge in [0.1, 0.15) is 6.04 Å². The van der Waals surface area contributed by atoms with E-state index in [1.165, 1.54) is 24.3 Å². The minimum Gasteiger partial charge on any atom is -0.464 e. The Labute approximate surface area is 217 Å². The van der Waals surface area contributed by atoms with E-state index < -0.39 is 35.6 Å². The largest absolute Gasteiger partial charge is 0.464 e. The molecule has 3 aromatic rings. The Morgan fingerprint density at radius 3 is 1.76 bits per heavy atom. The van der Waals surface area contributed by atoms with Crippen molar-refractivity contribution in [2.45, 2.75) is 19.4 Å². The number of carbonyl (C=O) groups excluding carboxylic acids is 5. The molecule has 10 heteroatoms. The molecule has 0 aromatic heterocycles. The Morgan fingerprint density at radius 2 is 1.32 bits per heavy atom. The maximum absolute atomic E-state index is 13.5. The maximum Gasteiger partial charge on any atom is 0.330 e. The van der Waals surface area contributed by atoms with Gasteiger partial charge in [-0.1, -0.05) is 12.1 Å². The highest BCUT2D eigenvalue weighted by Gasteiger charge is 2.43. The summed E-state index contributed by atoms with van der Waals surface area (Å²) < 4.78 is 5.03. The number of ether oxygens (including phenoxy) is 1. The SMILES string of the molecule is CCOC(=O)C(CS)N1C(=O)c2ccc3c4c(ccc(c24)C1=O)C(=O)N(c1ccc(CCO)cc1)C3=O. The van der Waals surface area contributed by atoms with Gasteiger partial charge in [-0.2, -0.15) is 12.6 Å². The van der Waals surface area contributed by atoms with Crippen molar-refractivity contribution in [2.75, 3.05) is 23.9 Å². The van der Waals surface area contributed by atoms with Crippen LogP contribution in [0, 0.1) is 0 Å². The predicted molar refractivity (Wildman–Crippen MR) is 137 cm³/mol. The number of hydrogen-bond donors (Lipinski definition) is 2. The van der Waals surface area contributed by atoms with Crippen LogP contribution in [0.4, 0.5) is 5.69 Å². The number of esters is 1. The standard InChI is InChI=1S/C27H22N2O7S/c1-2-36-27(35)20(13-37)29-25(33)18-9-7-16-21-17(8-10-19(22(18)21)26(29)34)24(32)28(23(16)31)15-5-3-14(4-6-15)11-12-30/h3-10,20,30,37H,2,11-13H2,1H3. The van der Waals surface area contributed by atoms with Crippen molar-refractivity contribution < 1.29 is 33.8 Å². The molecule has 4 amide bonds. The van der Waals surface area contributed by atoms with Gasteiger partial charge in [0.2, 0.25) is 0 Å². The van der Waals surface area contributed by atoms with Gasteiger partial charge < -0.3 is 9.84 Å². The smallest absolute Gasteiger partial charge is 0.330 e. The first kappa shape index (κ1) is 24.7. The van der Waals surface area contributed by atoms with Gasteiger partial charge in [0.05, 0.1) is 12.3 Å². The summed E-state index contributed by atoms with van der Waals surface area (Å²) in [6, 6.07) is 11.3. The third kappa shape index (κ3) is 3.71. The minimum atomic E-state index is -1.23. The van der Waals surface area contributed by atoms with Crippen LogP contribution >= 0.6 is 12.6 Å². The second-order valence-electron chi connectivity index (χ2n) is 8.59. The number of amides is 4. The van der Waals surface area contributed by atoms with Gasteiger partial charge in [-0.3, -0.25) is 24.1 Å². The van der Waals surface area contributed by atoms with E-state index in [1.807, 2.05) is 0 Å². The topological polar surface area (TPSA) is 121 Å². The Bertz CT molecular complexity index is 1430. The van der Waals surface area contributed by atoms with Crippen molar-refractivity contribution in [3.63, 3.8) is 0 Å². The Kier molecular flexibility index (Phi) is 6.30. The van der Waals surface area contributed by atoms with E-state index in [9.17, 15) is 24.0 Å². The van der Waals surface area contributed by atoms with E-state index in [1.54, 1.807) is 31.2 Å². The van der Waals surface area contributed by atoms with Crippen LogP contribution in [-0.4, -0.2) is 64.6 Å². The van der Waals surface area contributed by atoms with Crippen molar-refractivity contribution in [1.82, 2.24) is 4.90 Å². The zero-order chi connectivity index (χ0) is 26.4. The van der Waals surface area contributed by atoms with Gasteiger partial charge >= 0.3 is 5.97 Å². The minimum absolute atomic E-state index is 0.0235. The molecule has 2 heterocycles. The molecular formula is C27H22N2O7S. The lowest BCUT2D eigenvalue weighted by molar-refractivity contribution is -0.147. The molecule has 3 aromatic carbocycles. The molecule has 0 saturated heterocycles. The van der Waals surface area contributed by atoms with Crippen LogP contribution in [0.15, 0.2) is 48.5 Å². The summed E-state index contributed by atoms with van der Waals surface area (Å²) in [5.41, 5.74) is 1.79. The molecule has 0 fully saturated rings. The van der Waals surface area contributed by atoms with E-state index in [-0.39, 0.29) is 52.0 Å². The monoisotopic (exact) mass is 518 g/mol. The van der Waals surface area contributed by atoms with Gasteiger partial charge in [-0.15, -0.1) is 0 Å². The van der Waals surface area contributed by atoms with Crippen LogP contribution in [0.25, 0.3) is 10.8 Å². The van der Waals surface area contributed by atoms with Crippen molar-refractivity contribution >= 4 is 58.7 Å². The van der Waals surface area contributed by atoms with Crippen LogP contribution in [0.5, 0.6) is 0 Å². The van der Waals surface area contributed by atoms with Gasteiger partial charge in [-0.05, 0) is 55.3 Å². The summed E-state index contributed by atoms with van der Waals surface area (Å²) in [5.74, 6) is -3.51. The molecule has 188 valence electrons. The molecule has 0 saturated carbocycles. The lowest BCUT2D eigenvalue weighted by Gasteiger charge is -2.34. The number of hydrogen-bond acceptors (Lipinski definition) is 8. The van der Waals surface area contributed by atoms with Crippen LogP contribution in [0.1, 0.15) is 53.9 Å². The second kappa shape index (κ2) is 9.45. The molecule has 1 unspecified atom stereocenters. The number of aliphatic hydroxyl groups excluding tert-OH is 1. The zero-order valence-electron chi connectivity index (χ0n) is 19.8. The third-order valence-electron chi connectivity index (χ3n) is 6.56. The van der Waals surface area contributed by atoms with Crippen LogP contribution < -0.4 is 4.90 Å². The van der Waals surface area contributed by atoms with Crippen molar-refractivity contribution in [3.05, 3.63) is 76.3 Å². The molecule has 1 N–H and O–H groups in total. The highest BCUT2D eigenvalue weighted by atomic mass is 32.1. The molecule has 37 heavy (non-hydrogen) atoms. The van der Waals surface area contributed by atoms with Gasteiger partial charge in [0.15, 0.2) is 0 Å². The first-order chi connectivity index (χ1) is 17.8. The van der Waals surface area contributed by atoms with E-state index in [0.29, 0.717) is 12.1 Å². The number of carbonyl (C=O) groups is 5. The molecule has 5 rings (SSSR count). The second-order valence-corrected chi connectivity index (χ2v) is 8.95. The predicted octanol–water partition coefficient (Wildman–Crippen LogP) is 2.63. The molecule has 0 bridgehead atoms. The van der Waals surface area contributed by atoms with Crippen molar-refractivity contribution in [1.29, 1.82) is 0 Å². The number of nitrogens with zero attached hydrogens (tertiary/aromatic N) is 2. The first-order valence-electron chi connectivity index (χ1n) is 11.7. The third-order valence-corrected chi connectivity index (χ3v) is 6.91. The summed E-state index contributed by atoms with van der Waals surface area (Å²) in [6.45, 7) is 1.67. The van der Waals surface area contributed by atoms with E-state index in [2.05, 4.69) is 12.6 Å². The first-order valence-corrected chi connectivity index (χ1v) is 12.3. The molecule has 0 aliphatic carbocycles. The van der Waals surface area contributed by atoms with Crippen LogP contribution in [0.2, 0.25) is 0 Å². The van der Waals surface area contributed by atoms with Crippen molar-refractivity contribution in [3.8, 4) is 0 Å². The number of anilines is 1. The van der Waals surface area contributed by atoms with Crippen molar-refractivity contribution in [2.24, 2.45) is 0 Å². The highest BCUT2D eigenvalue weighted by Crippen LogP contribution is 2.39. The molecule has 0 radical (unpaired) electrons. The van der Waals surface area contributed by atoms with E-state index >= 15 is 0 Å². The number of imide groups is 2. The fraction of sp³-hybridized carbons (Fsp3) is 0.222. The molecule has 2 aliphatic heterocycles. The molecule has 9 nitrogen and oxygen atoms in total. The lowest BCUT2D eigenvalue weighted by atomic mass is 9.85. The summed E-state index contributed by atoms with van der Waals surface area (Å²) in [6.07, 6.45) is 0.444. The fourth-order valence-corrected chi connectivity index (χ4v) is 5.16. The lowest BCUT2D eigenvalue weighted by Crippen LogP contribution is -2.52. The summed E-state index contributed by atoms with van der Waals surface area (Å²) >= 11 is 4.16. The molecule has 2 aliphatic rings. The van der Waals surface area contributed by atoms with E-state index in [0.717, 1.165) is 15.4 Å². The highest BCUT2D eigenvalue weighted by molar-refractivity contribution is 7.80. The number of benzene rings is 3. The average Bonchev–Trinajstić information content (AvgIpc) is 2.89. The Hall–Kier alpha value is -4.02. The van der Waals surface area contributed by atoms with E-state index in [4.69, 9.17) is 9.84 Å². The zero-order valence-corrected chi connectivity index (χ0v) is 20.7. The number of thiol groups is 1. The summed E-state index contributed by atoms with van der Waals surface area (Å²) in [5, 5.41) is 9.58. The van der Waals surface area contributed by atoms with Gasteiger partial charge in [0, 0.05) is 45.4 Å². The average molecular weight is 519 g/mol. The molecular weight excluding hydrogens is 496 g/mol. The van der Waals surface area contributed by atoms with Crippen LogP contribution in [0.3, 0.4) is 0 Å². The maximum atomic E-state index is 13.5. The quantitative estimate of drug-likeness (QED) is 0.280. The van der Waals surface area contributed by atoms with Crippen LogP contribution in [-0.2, 0) is 16.0 Å². The Morgan fingerprint density at radius 1 is 0.838 bits per heavy atom. The summed E-state index contributed by atoms with van der Waals surface area (Å²) in [4.78, 5) is 68.3. The normalized spacial score (nSPS) is 15.4. The fourth-order valence-electron chi connectivity index (χ4n) is 4.85. The molecule has 1 atom stereocenters. The molecule has 0 spiro atoms. The van der Waals surface area contributed by atoms with Gasteiger partial charge in [-0.25, -0.2) is 9.69 Å². The summed E-state index contributed by atoms with van der Waals surface area (Å²) in [7, 11) is 0. The number of rotatable bonds is 7.